The molecular formula is C57H69BN2. The normalized spacial score (nSPS) is 18.0. The molecule has 0 spiro atoms. The molecule has 0 radical (unpaired) electrons. The Balaban J connectivity index is 1.46. The van der Waals surface area contributed by atoms with Gasteiger partial charge in [-0.3, -0.25) is 0 Å². The molecule has 2 aliphatic carbocycles. The van der Waals surface area contributed by atoms with Crippen molar-refractivity contribution in [2.45, 2.75) is 156 Å². The van der Waals surface area contributed by atoms with Crippen LogP contribution in [0.1, 0.15) is 161 Å². The van der Waals surface area contributed by atoms with Gasteiger partial charge in [0.25, 0.3) is 0 Å². The lowest BCUT2D eigenvalue weighted by Crippen LogP contribution is -2.59. The summed E-state index contributed by atoms with van der Waals surface area (Å²) in [5, 5.41) is 0. The molecule has 2 nitrogen and oxygen atoms in total. The summed E-state index contributed by atoms with van der Waals surface area (Å²) in [6, 6.07) is 36.4. The van der Waals surface area contributed by atoms with Crippen LogP contribution < -0.4 is 20.7 Å². The maximum atomic E-state index is 2.75. The minimum Gasteiger partial charge on any atom is -0.342 e. The summed E-state index contributed by atoms with van der Waals surface area (Å²) >= 11 is 0. The summed E-state index contributed by atoms with van der Waals surface area (Å²) in [5.74, 6) is 0. The van der Waals surface area contributed by atoms with Gasteiger partial charge in [-0.25, -0.2) is 0 Å². The number of nitrogens with zero attached hydrogens (tertiary/aromatic N) is 2. The van der Waals surface area contributed by atoms with E-state index in [4.69, 9.17) is 0 Å². The maximum Gasteiger partial charge on any atom is 0.248 e. The molecule has 9 rings (SSSR count). The first-order valence-electron chi connectivity index (χ1n) is 23.2. The van der Waals surface area contributed by atoms with Gasteiger partial charge in [0.05, 0.1) is 5.69 Å². The molecule has 1 fully saturated rings. The van der Waals surface area contributed by atoms with Gasteiger partial charge in [-0.05, 0) is 129 Å². The Morgan fingerprint density at radius 2 is 1.20 bits per heavy atom. The lowest BCUT2D eigenvalue weighted by Gasteiger charge is -2.49. The lowest BCUT2D eigenvalue weighted by atomic mass is 9.30. The van der Waals surface area contributed by atoms with E-state index in [2.05, 4.69) is 198 Å². The van der Waals surface area contributed by atoms with Gasteiger partial charge >= 0.3 is 0 Å². The van der Waals surface area contributed by atoms with Crippen LogP contribution in [0.5, 0.6) is 0 Å². The first-order chi connectivity index (χ1) is 28.1. The molecule has 0 N–H and O–H groups in total. The van der Waals surface area contributed by atoms with Gasteiger partial charge < -0.3 is 9.80 Å². The second kappa shape index (κ2) is 13.8. The number of allylic oxidation sites excluding steroid dienone is 1. The van der Waals surface area contributed by atoms with Crippen molar-refractivity contribution >= 4 is 46.1 Å². The number of hydrogen-bond acceptors (Lipinski definition) is 2. The van der Waals surface area contributed by atoms with E-state index >= 15 is 0 Å². The Morgan fingerprint density at radius 3 is 1.82 bits per heavy atom. The van der Waals surface area contributed by atoms with Crippen LogP contribution in [0.4, 0.5) is 22.7 Å². The van der Waals surface area contributed by atoms with Crippen molar-refractivity contribution in [1.82, 2.24) is 0 Å². The van der Waals surface area contributed by atoms with E-state index in [-0.39, 0.29) is 33.8 Å². The Labute approximate surface area is 363 Å². The molecule has 310 valence electrons. The maximum absolute atomic E-state index is 2.75. The standard InChI is InChI=1S/C57H69BN2/c1-15-59-47-30-36(2)31-48-49(47)58(45-35-40(55(9,10)11)34-44(51(45)59)57(14)28-20-17-21-29-57)52-50(42-33-38(53(3,4)5)24-26-43(42)56(52,12)13)60(48)46-27-25-39(54(6,7)8)32-41(46)37-22-18-16-19-23-37/h16,18-19,22-27,30-35H,15,17,20-21,28-29H2,1-14H3. The number of benzene rings is 5. The average molecular weight is 793 g/mol. The molecular weight excluding hydrogens is 723 g/mol. The fraction of sp³-hybridized carbons (Fsp3) is 0.439. The van der Waals surface area contributed by atoms with E-state index in [1.807, 2.05) is 0 Å². The van der Waals surface area contributed by atoms with Crippen LogP contribution in [0.3, 0.4) is 0 Å². The molecule has 0 amide bonds. The van der Waals surface area contributed by atoms with Crippen LogP contribution >= 0.6 is 0 Å². The molecule has 5 aromatic rings. The van der Waals surface area contributed by atoms with E-state index in [0.717, 1.165) is 6.54 Å². The molecule has 0 atom stereocenters. The molecule has 0 bridgehead atoms. The number of rotatable bonds is 4. The number of hydrogen-bond donors (Lipinski definition) is 0. The second-order valence-corrected chi connectivity index (χ2v) is 22.8. The quantitative estimate of drug-likeness (QED) is 0.167. The van der Waals surface area contributed by atoms with Crippen molar-refractivity contribution in [3.8, 4) is 11.1 Å². The van der Waals surface area contributed by atoms with Crippen LogP contribution in [0, 0.1) is 6.92 Å². The summed E-state index contributed by atoms with van der Waals surface area (Å²) in [6.07, 6.45) is 6.46. The highest BCUT2D eigenvalue weighted by molar-refractivity contribution is 6.96. The molecule has 2 aliphatic heterocycles. The first kappa shape index (κ1) is 40.9. The molecule has 0 saturated heterocycles. The van der Waals surface area contributed by atoms with Gasteiger partial charge in [-0.15, -0.1) is 0 Å². The smallest absolute Gasteiger partial charge is 0.248 e. The summed E-state index contributed by atoms with van der Waals surface area (Å²) in [7, 11) is 0. The second-order valence-electron chi connectivity index (χ2n) is 22.8. The topological polar surface area (TPSA) is 6.48 Å². The van der Waals surface area contributed by atoms with Gasteiger partial charge in [0.1, 0.15) is 0 Å². The SMILES string of the molecule is CCN1c2cc(C)cc3c2B(C2=C(c4cc(C(C)(C)C)ccc4C2(C)C)N3c2ccc(C(C)(C)C)cc2-c2ccccc2)c2cc(C(C)(C)C)cc(C3(C)CCCCC3)c21. The highest BCUT2D eigenvalue weighted by atomic mass is 15.2. The van der Waals surface area contributed by atoms with Crippen LogP contribution in [0.2, 0.25) is 0 Å². The lowest BCUT2D eigenvalue weighted by molar-refractivity contribution is 0.319. The number of anilines is 4. The van der Waals surface area contributed by atoms with E-state index in [1.165, 1.54) is 116 Å². The molecule has 0 unspecified atom stereocenters. The van der Waals surface area contributed by atoms with Crippen molar-refractivity contribution in [2.75, 3.05) is 16.3 Å². The predicted molar refractivity (Wildman–Crippen MR) is 262 cm³/mol. The summed E-state index contributed by atoms with van der Waals surface area (Å²) in [6.45, 7) is 34.8. The predicted octanol–water partition coefficient (Wildman–Crippen LogP) is 14.3. The zero-order valence-corrected chi connectivity index (χ0v) is 39.4. The van der Waals surface area contributed by atoms with Gasteiger partial charge in [0.2, 0.25) is 6.71 Å². The third kappa shape index (κ3) is 6.26. The van der Waals surface area contributed by atoms with E-state index in [9.17, 15) is 0 Å². The third-order valence-electron chi connectivity index (χ3n) is 15.1. The third-order valence-corrected chi connectivity index (χ3v) is 15.1. The monoisotopic (exact) mass is 793 g/mol. The Kier molecular flexibility index (Phi) is 9.37. The number of fused-ring (bicyclic) bond motifs is 5. The fourth-order valence-electron chi connectivity index (χ4n) is 11.5. The zero-order valence-electron chi connectivity index (χ0n) is 39.4. The van der Waals surface area contributed by atoms with Gasteiger partial charge in [-0.2, -0.15) is 0 Å². The van der Waals surface area contributed by atoms with Crippen molar-refractivity contribution < 1.29 is 0 Å². The van der Waals surface area contributed by atoms with E-state index in [0.29, 0.717) is 0 Å². The minimum absolute atomic E-state index is 0.00825. The Hall–Kier alpha value is -4.50. The number of aryl methyl sites for hydroxylation is 1. The van der Waals surface area contributed by atoms with E-state index in [1.54, 1.807) is 11.0 Å². The van der Waals surface area contributed by atoms with Crippen molar-refractivity contribution in [3.05, 3.63) is 135 Å². The largest absolute Gasteiger partial charge is 0.342 e. The summed E-state index contributed by atoms with van der Waals surface area (Å²) in [5.41, 5.74) is 23.8. The van der Waals surface area contributed by atoms with Crippen LogP contribution in [-0.4, -0.2) is 13.3 Å². The van der Waals surface area contributed by atoms with E-state index < -0.39 is 0 Å². The average Bonchev–Trinajstić information content (AvgIpc) is 3.42. The van der Waals surface area contributed by atoms with Gasteiger partial charge in [0.15, 0.2) is 0 Å². The highest BCUT2D eigenvalue weighted by Gasteiger charge is 2.54. The van der Waals surface area contributed by atoms with Crippen molar-refractivity contribution in [1.29, 1.82) is 0 Å². The zero-order chi connectivity index (χ0) is 42.9. The molecule has 1 saturated carbocycles. The first-order valence-corrected chi connectivity index (χ1v) is 23.2. The van der Waals surface area contributed by atoms with Gasteiger partial charge in [-0.1, -0.05) is 168 Å². The van der Waals surface area contributed by atoms with Crippen LogP contribution in [0.15, 0.2) is 96.5 Å². The molecule has 0 aromatic heterocycles. The summed E-state index contributed by atoms with van der Waals surface area (Å²) in [4.78, 5) is 5.49. The van der Waals surface area contributed by atoms with Crippen molar-refractivity contribution in [2.24, 2.45) is 0 Å². The van der Waals surface area contributed by atoms with Crippen LogP contribution in [0.25, 0.3) is 16.8 Å². The Morgan fingerprint density at radius 1 is 0.600 bits per heavy atom. The minimum atomic E-state index is -0.222. The molecule has 5 aromatic carbocycles. The Bertz CT molecular complexity index is 2560. The molecule has 2 heterocycles. The summed E-state index contributed by atoms with van der Waals surface area (Å²) < 4.78 is 0. The fourth-order valence-corrected chi connectivity index (χ4v) is 11.5. The van der Waals surface area contributed by atoms with Crippen molar-refractivity contribution in [3.63, 3.8) is 0 Å². The van der Waals surface area contributed by atoms with Gasteiger partial charge in [0, 0.05) is 45.8 Å². The molecule has 4 aliphatic rings. The molecule has 3 heteroatoms. The molecule has 60 heavy (non-hydrogen) atoms. The van der Waals surface area contributed by atoms with Crippen LogP contribution in [-0.2, 0) is 27.1 Å². The highest BCUT2D eigenvalue weighted by Crippen LogP contribution is 2.58.